The Morgan fingerprint density at radius 3 is 1.41 bits per heavy atom. The van der Waals surface area contributed by atoms with Crippen molar-refractivity contribution in [3.8, 4) is 0 Å². The highest BCUT2D eigenvalue weighted by molar-refractivity contribution is 6.06. The molecule has 2 heterocycles. The van der Waals surface area contributed by atoms with Crippen LogP contribution in [0, 0.1) is 0 Å². The Balaban J connectivity index is 1.40. The molecule has 0 spiro atoms. The van der Waals surface area contributed by atoms with Crippen LogP contribution in [-0.4, -0.2) is 45.5 Å². The lowest BCUT2D eigenvalue weighted by Gasteiger charge is -2.16. The van der Waals surface area contributed by atoms with Crippen molar-refractivity contribution in [3.05, 3.63) is 71.8 Å². The minimum atomic E-state index is -0.662. The molecule has 4 amide bonds. The second-order valence-electron chi connectivity index (χ2n) is 7.42. The summed E-state index contributed by atoms with van der Waals surface area (Å²) >= 11 is 0. The molecule has 0 aromatic heterocycles. The van der Waals surface area contributed by atoms with Crippen LogP contribution in [0.3, 0.4) is 0 Å². The van der Waals surface area contributed by atoms with Gasteiger partial charge in [-0.2, -0.15) is 0 Å². The first kappa shape index (κ1) is 19.0. The molecule has 2 aliphatic heterocycles. The second kappa shape index (κ2) is 7.97. The molecular weight excluding hydrogens is 370 g/mol. The second-order valence-corrected chi connectivity index (χ2v) is 7.42. The third kappa shape index (κ3) is 3.95. The summed E-state index contributed by atoms with van der Waals surface area (Å²) in [6, 6.07) is 17.3. The van der Waals surface area contributed by atoms with Crippen molar-refractivity contribution in [2.24, 2.45) is 0 Å². The fourth-order valence-corrected chi connectivity index (χ4v) is 3.86. The normalized spacial score (nSPS) is 22.1. The number of benzene rings is 2. The van der Waals surface area contributed by atoms with E-state index >= 15 is 0 Å². The first-order valence-corrected chi connectivity index (χ1v) is 9.64. The fourth-order valence-electron chi connectivity index (χ4n) is 3.86. The third-order valence-corrected chi connectivity index (χ3v) is 5.39. The summed E-state index contributed by atoms with van der Waals surface area (Å²) in [7, 11) is 0. The summed E-state index contributed by atoms with van der Waals surface area (Å²) in [4.78, 5) is 52.6. The van der Waals surface area contributed by atoms with Gasteiger partial charge < -0.3 is 5.32 Å². The number of rotatable bonds is 6. The van der Waals surface area contributed by atoms with Crippen molar-refractivity contribution in [2.45, 2.75) is 38.0 Å². The van der Waals surface area contributed by atoms with Gasteiger partial charge in [-0.3, -0.25) is 29.0 Å². The Kier molecular flexibility index (Phi) is 5.22. The van der Waals surface area contributed by atoms with E-state index in [1.807, 2.05) is 60.7 Å². The van der Waals surface area contributed by atoms with Gasteiger partial charge in [0.1, 0.15) is 0 Å². The van der Waals surface area contributed by atoms with Gasteiger partial charge in [-0.1, -0.05) is 60.7 Å². The predicted molar refractivity (Wildman–Crippen MR) is 103 cm³/mol. The molecule has 2 saturated heterocycles. The molecule has 0 bridgehead atoms. The molecule has 7 nitrogen and oxygen atoms in total. The predicted octanol–water partition coefficient (Wildman–Crippen LogP) is 0.205. The monoisotopic (exact) mass is 392 g/mol. The van der Waals surface area contributed by atoms with Gasteiger partial charge in [-0.15, -0.1) is 0 Å². The number of hydrogen-bond acceptors (Lipinski definition) is 4. The molecule has 4 rings (SSSR count). The van der Waals surface area contributed by atoms with Crippen molar-refractivity contribution >= 4 is 23.6 Å². The number of likely N-dealkylation sites (tertiary alicyclic amines) is 2. The zero-order valence-corrected chi connectivity index (χ0v) is 15.9. The van der Waals surface area contributed by atoms with E-state index in [0.29, 0.717) is 0 Å². The molecule has 2 atom stereocenters. The van der Waals surface area contributed by atoms with Gasteiger partial charge in [0.15, 0.2) is 12.1 Å². The summed E-state index contributed by atoms with van der Waals surface area (Å²) in [5, 5.41) is 1.59. The quantitative estimate of drug-likeness (QED) is 0.712. The minimum Gasteiger partial charge on any atom is -0.325 e. The number of nitrogens with two attached hydrogens (primary N) is 1. The molecule has 2 aliphatic rings. The van der Waals surface area contributed by atoms with Gasteiger partial charge in [0, 0.05) is 0 Å². The zero-order chi connectivity index (χ0) is 20.4. The molecule has 7 heteroatoms. The van der Waals surface area contributed by atoms with Crippen LogP contribution in [0.5, 0.6) is 0 Å². The smallest absolute Gasteiger partial charge is 0.288 e. The van der Waals surface area contributed by atoms with E-state index in [4.69, 9.17) is 0 Å². The lowest BCUT2D eigenvalue weighted by atomic mass is 10.1. The van der Waals surface area contributed by atoms with E-state index in [9.17, 15) is 19.2 Å². The van der Waals surface area contributed by atoms with E-state index in [-0.39, 0.29) is 49.6 Å². The average molecular weight is 392 g/mol. The standard InChI is InChI=1S/C22H21N3O4/c26-19-11-17(21(28)24(19)13-15-7-3-1-4-8-15)23-18-12-20(27)25(22(18)29)14-16-9-5-2-6-10-16/h1-10,17-18,23H,11-14H2/p+1/t17-,18-/m0/s1. The Bertz CT molecular complexity index is 868. The van der Waals surface area contributed by atoms with Crippen LogP contribution in [0.15, 0.2) is 60.7 Å². The molecule has 2 aromatic rings. The van der Waals surface area contributed by atoms with E-state index in [1.54, 1.807) is 5.32 Å². The number of carbonyl (C=O) groups is 4. The summed E-state index contributed by atoms with van der Waals surface area (Å²) in [6.07, 6.45) is 0.0879. The van der Waals surface area contributed by atoms with E-state index < -0.39 is 12.1 Å². The van der Waals surface area contributed by atoms with Crippen LogP contribution in [0.1, 0.15) is 24.0 Å². The molecule has 0 aliphatic carbocycles. The topological polar surface area (TPSA) is 91.4 Å². The van der Waals surface area contributed by atoms with Gasteiger partial charge in [-0.25, -0.2) is 0 Å². The molecule has 0 saturated carbocycles. The highest BCUT2D eigenvalue weighted by Gasteiger charge is 2.48. The van der Waals surface area contributed by atoms with Crippen molar-refractivity contribution in [2.75, 3.05) is 0 Å². The molecule has 148 valence electrons. The van der Waals surface area contributed by atoms with Crippen molar-refractivity contribution < 1.29 is 24.5 Å². The Labute approximate surface area is 168 Å². The van der Waals surface area contributed by atoms with E-state index in [0.717, 1.165) is 11.1 Å². The highest BCUT2D eigenvalue weighted by atomic mass is 16.2. The van der Waals surface area contributed by atoms with Crippen LogP contribution in [0.2, 0.25) is 0 Å². The lowest BCUT2D eigenvalue weighted by molar-refractivity contribution is -0.694. The Morgan fingerprint density at radius 2 is 1.03 bits per heavy atom. The maximum atomic E-state index is 12.7. The number of carbonyl (C=O) groups excluding carboxylic acids is 4. The SMILES string of the molecule is O=C1C[C@H]([NH2+][C@H]2CC(=O)N(Cc3ccccc3)C2=O)C(=O)N1Cc1ccccc1. The van der Waals surface area contributed by atoms with Gasteiger partial charge in [0.25, 0.3) is 11.8 Å². The number of amides is 4. The van der Waals surface area contributed by atoms with E-state index in [1.165, 1.54) is 9.80 Å². The van der Waals surface area contributed by atoms with Crippen molar-refractivity contribution in [1.82, 2.24) is 9.80 Å². The van der Waals surface area contributed by atoms with Crippen LogP contribution >= 0.6 is 0 Å². The molecule has 0 radical (unpaired) electrons. The zero-order valence-electron chi connectivity index (χ0n) is 15.9. The maximum Gasteiger partial charge on any atom is 0.288 e. The van der Waals surface area contributed by atoms with Gasteiger partial charge in [-0.05, 0) is 11.1 Å². The van der Waals surface area contributed by atoms with Crippen LogP contribution in [0.4, 0.5) is 0 Å². The number of quaternary nitrogens is 1. The summed E-state index contributed by atoms with van der Waals surface area (Å²) in [5.41, 5.74) is 1.74. The van der Waals surface area contributed by atoms with Gasteiger partial charge in [0.05, 0.1) is 25.9 Å². The maximum absolute atomic E-state index is 12.7. The van der Waals surface area contributed by atoms with Crippen LogP contribution in [0.25, 0.3) is 0 Å². The first-order valence-electron chi connectivity index (χ1n) is 9.64. The summed E-state index contributed by atoms with van der Waals surface area (Å²) < 4.78 is 0. The summed E-state index contributed by atoms with van der Waals surface area (Å²) in [6.45, 7) is 0.445. The van der Waals surface area contributed by atoms with Crippen LogP contribution in [-0.2, 0) is 32.3 Å². The molecule has 2 N–H and O–H groups in total. The molecule has 2 fully saturated rings. The lowest BCUT2D eigenvalue weighted by Crippen LogP contribution is -2.97. The molecule has 29 heavy (non-hydrogen) atoms. The first-order chi connectivity index (χ1) is 14.0. The fraction of sp³-hybridized carbons (Fsp3) is 0.273. The minimum absolute atomic E-state index is 0.0440. The average Bonchev–Trinajstić information content (AvgIpc) is 3.14. The van der Waals surface area contributed by atoms with Crippen molar-refractivity contribution in [3.63, 3.8) is 0 Å². The van der Waals surface area contributed by atoms with Gasteiger partial charge >= 0.3 is 0 Å². The van der Waals surface area contributed by atoms with Gasteiger partial charge in [0.2, 0.25) is 11.8 Å². The third-order valence-electron chi connectivity index (χ3n) is 5.39. The molecule has 0 unspecified atom stereocenters. The molecule has 2 aromatic carbocycles. The van der Waals surface area contributed by atoms with Crippen LogP contribution < -0.4 is 5.32 Å². The number of hydrogen-bond donors (Lipinski definition) is 1. The largest absolute Gasteiger partial charge is 0.325 e. The van der Waals surface area contributed by atoms with E-state index in [2.05, 4.69) is 0 Å². The number of nitrogens with zero attached hydrogens (tertiary/aromatic N) is 2. The molecular formula is C22H22N3O4+. The Morgan fingerprint density at radius 1 is 0.655 bits per heavy atom. The van der Waals surface area contributed by atoms with Crippen molar-refractivity contribution in [1.29, 1.82) is 0 Å². The number of imide groups is 2. The summed E-state index contributed by atoms with van der Waals surface area (Å²) in [5.74, 6) is -1.11. The highest BCUT2D eigenvalue weighted by Crippen LogP contribution is 2.18. The Hall–Kier alpha value is -3.32.